The molecule has 0 spiro atoms. The summed E-state index contributed by atoms with van der Waals surface area (Å²) in [7, 11) is 6.47. The van der Waals surface area contributed by atoms with Gasteiger partial charge in [0, 0.05) is 18.8 Å². The van der Waals surface area contributed by atoms with Crippen molar-refractivity contribution in [2.45, 2.75) is 38.6 Å². The van der Waals surface area contributed by atoms with Crippen LogP contribution in [0.4, 0.5) is 0 Å². The Bertz CT molecular complexity index is 1310. The monoisotopic (exact) mass is 551 g/mol. The van der Waals surface area contributed by atoms with Gasteiger partial charge >= 0.3 is 0 Å². The lowest BCUT2D eigenvalue weighted by Gasteiger charge is -2.18. The average molecular weight is 552 g/mol. The third-order valence-corrected chi connectivity index (χ3v) is 7.83. The fourth-order valence-corrected chi connectivity index (χ4v) is 5.58. The van der Waals surface area contributed by atoms with Crippen molar-refractivity contribution in [3.63, 3.8) is 0 Å². The molecule has 2 N–H and O–H groups in total. The van der Waals surface area contributed by atoms with E-state index < -0.39 is 0 Å². The number of aromatic nitrogens is 1. The number of hydrogen-bond donors (Lipinski definition) is 2. The quantitative estimate of drug-likeness (QED) is 0.278. The Kier molecular flexibility index (Phi) is 9.35. The van der Waals surface area contributed by atoms with Crippen molar-refractivity contribution >= 4 is 23.4 Å². The van der Waals surface area contributed by atoms with E-state index in [2.05, 4.69) is 39.7 Å². The Morgan fingerprint density at radius 2 is 1.69 bits per heavy atom. The van der Waals surface area contributed by atoms with Gasteiger partial charge in [0.2, 0.25) is 5.75 Å². The summed E-state index contributed by atoms with van der Waals surface area (Å²) in [5.74, 6) is 2.48. The van der Waals surface area contributed by atoms with E-state index in [0.717, 1.165) is 46.8 Å². The number of ether oxygens (including phenoxy) is 4. The fraction of sp³-hybridized carbons (Fsp3) is 0.367. The van der Waals surface area contributed by atoms with Crippen LogP contribution >= 0.6 is 11.8 Å². The first-order chi connectivity index (χ1) is 18.9. The second kappa shape index (κ2) is 12.9. The molecule has 1 aromatic heterocycles. The van der Waals surface area contributed by atoms with Gasteiger partial charge in [-0.2, -0.15) is 0 Å². The molecule has 0 fully saturated rings. The summed E-state index contributed by atoms with van der Waals surface area (Å²) in [6.45, 7) is 5.26. The summed E-state index contributed by atoms with van der Waals surface area (Å²) in [6.07, 6.45) is 1.96. The molecule has 39 heavy (non-hydrogen) atoms. The second-order valence-electron chi connectivity index (χ2n) is 9.22. The van der Waals surface area contributed by atoms with E-state index in [1.54, 1.807) is 40.2 Å². The Hall–Kier alpha value is -3.72. The van der Waals surface area contributed by atoms with Gasteiger partial charge in [0.1, 0.15) is 11.1 Å². The Morgan fingerprint density at radius 1 is 1.00 bits per heavy atom. The maximum atomic E-state index is 13.2. The minimum Gasteiger partial charge on any atom is -0.497 e. The molecule has 2 heterocycles. The van der Waals surface area contributed by atoms with Crippen LogP contribution < -0.4 is 29.6 Å². The molecule has 0 saturated heterocycles. The summed E-state index contributed by atoms with van der Waals surface area (Å²) < 4.78 is 24.1. The van der Waals surface area contributed by atoms with Crippen molar-refractivity contribution in [3.8, 4) is 23.0 Å². The number of thioether (sulfide) groups is 1. The first-order valence-electron chi connectivity index (χ1n) is 13.0. The lowest BCUT2D eigenvalue weighted by atomic mass is 10.1. The van der Waals surface area contributed by atoms with Gasteiger partial charge in [-0.05, 0) is 60.2 Å². The van der Waals surface area contributed by atoms with Gasteiger partial charge in [0.25, 0.3) is 5.91 Å². The highest BCUT2D eigenvalue weighted by atomic mass is 32.2. The number of hydrogen-bond acceptors (Lipinski definition) is 7. The summed E-state index contributed by atoms with van der Waals surface area (Å²) >= 11 is 1.70. The maximum Gasteiger partial charge on any atom is 0.253 e. The molecule has 1 aliphatic heterocycles. The third kappa shape index (κ3) is 6.14. The Labute approximate surface area is 234 Å². The number of benzene rings is 2. The van der Waals surface area contributed by atoms with Crippen molar-refractivity contribution in [2.75, 3.05) is 35.0 Å². The molecular weight excluding hydrogens is 514 g/mol. The van der Waals surface area contributed by atoms with Crippen LogP contribution in [0.1, 0.15) is 58.0 Å². The molecule has 208 valence electrons. The minimum atomic E-state index is -0.0659. The van der Waals surface area contributed by atoms with E-state index in [1.165, 1.54) is 0 Å². The Balaban J connectivity index is 1.69. The number of nitrogens with zero attached hydrogens (tertiary/aromatic N) is 1. The van der Waals surface area contributed by atoms with E-state index in [-0.39, 0.29) is 11.3 Å². The highest BCUT2D eigenvalue weighted by Gasteiger charge is 2.26. The maximum absolute atomic E-state index is 13.2. The highest BCUT2D eigenvalue weighted by molar-refractivity contribution is 8.02. The van der Waals surface area contributed by atoms with E-state index in [1.807, 2.05) is 37.3 Å². The molecule has 3 aromatic rings. The lowest BCUT2D eigenvalue weighted by molar-refractivity contribution is 0.0952. The van der Waals surface area contributed by atoms with Crippen LogP contribution in [-0.4, -0.2) is 45.5 Å². The summed E-state index contributed by atoms with van der Waals surface area (Å²) in [4.78, 5) is 13.2. The van der Waals surface area contributed by atoms with E-state index >= 15 is 0 Å². The van der Waals surface area contributed by atoms with Crippen LogP contribution in [0.5, 0.6) is 23.0 Å². The molecule has 1 unspecified atom stereocenters. The smallest absolute Gasteiger partial charge is 0.253 e. The van der Waals surface area contributed by atoms with Gasteiger partial charge in [0.05, 0.1) is 45.4 Å². The van der Waals surface area contributed by atoms with Gasteiger partial charge in [-0.1, -0.05) is 25.5 Å². The molecule has 0 radical (unpaired) electrons. The number of rotatable bonds is 12. The van der Waals surface area contributed by atoms with Crippen molar-refractivity contribution in [1.29, 1.82) is 0 Å². The molecule has 1 atom stereocenters. The second-order valence-corrected chi connectivity index (χ2v) is 10.2. The number of methoxy groups -OCH3 is 4. The highest BCUT2D eigenvalue weighted by Crippen LogP contribution is 2.41. The normalized spacial score (nSPS) is 14.4. The van der Waals surface area contributed by atoms with Gasteiger partial charge < -0.3 is 34.1 Å². The lowest BCUT2D eigenvalue weighted by Crippen LogP contribution is -2.24. The summed E-state index contributed by atoms with van der Waals surface area (Å²) in [6, 6.07) is 13.9. The molecule has 0 bridgehead atoms. The van der Waals surface area contributed by atoms with Gasteiger partial charge in [0.15, 0.2) is 11.5 Å². The average Bonchev–Trinajstić information content (AvgIpc) is 3.57. The zero-order valence-electron chi connectivity index (χ0n) is 23.4. The molecular formula is C30H37N3O5S. The van der Waals surface area contributed by atoms with Crippen LogP contribution in [0.15, 0.2) is 47.9 Å². The SMILES string of the molecule is CCCCNC(=O)c1cc(C2=CSC(c3ccc(OC)cc3)N2)n(Cc2cc(OC)c(OC)c(OC)c2)c1C. The zero-order valence-corrected chi connectivity index (χ0v) is 24.2. The van der Waals surface area contributed by atoms with Gasteiger partial charge in [-0.3, -0.25) is 4.79 Å². The van der Waals surface area contributed by atoms with Crippen molar-refractivity contribution in [1.82, 2.24) is 15.2 Å². The van der Waals surface area contributed by atoms with Gasteiger partial charge in [-0.25, -0.2) is 0 Å². The van der Waals surface area contributed by atoms with Crippen LogP contribution in [0.25, 0.3) is 5.70 Å². The van der Waals surface area contributed by atoms with Crippen LogP contribution in [0, 0.1) is 6.92 Å². The Morgan fingerprint density at radius 3 is 2.28 bits per heavy atom. The largest absolute Gasteiger partial charge is 0.497 e. The standard InChI is InChI=1S/C30H37N3O5S/c1-7-8-13-31-29(34)23-16-25(24-18-39-30(32-24)21-9-11-22(35-3)12-10-21)33(19(23)2)17-20-14-26(36-4)28(38-6)27(15-20)37-5/h9-12,14-16,18,30,32H,7-8,13,17H2,1-6H3,(H,31,34). The first-order valence-corrected chi connectivity index (χ1v) is 13.9. The number of unbranched alkanes of at least 4 members (excludes halogenated alkanes) is 1. The van der Waals surface area contributed by atoms with E-state index in [9.17, 15) is 4.79 Å². The summed E-state index contributed by atoms with van der Waals surface area (Å²) in [5.41, 5.74) is 5.54. The molecule has 8 nitrogen and oxygen atoms in total. The minimum absolute atomic E-state index is 0.0533. The van der Waals surface area contributed by atoms with Crippen LogP contribution in [0.2, 0.25) is 0 Å². The number of carbonyl (C=O) groups is 1. The molecule has 0 saturated carbocycles. The molecule has 2 aromatic carbocycles. The topological polar surface area (TPSA) is 83.0 Å². The van der Waals surface area contributed by atoms with Crippen LogP contribution in [-0.2, 0) is 6.54 Å². The first kappa shape index (κ1) is 28.3. The van der Waals surface area contributed by atoms with Crippen molar-refractivity contribution < 1.29 is 23.7 Å². The number of carbonyl (C=O) groups excluding carboxylic acids is 1. The number of amides is 1. The fourth-order valence-electron chi connectivity index (χ4n) is 4.61. The molecule has 4 rings (SSSR count). The predicted molar refractivity (Wildman–Crippen MR) is 156 cm³/mol. The van der Waals surface area contributed by atoms with Crippen LogP contribution in [0.3, 0.4) is 0 Å². The predicted octanol–water partition coefficient (Wildman–Crippen LogP) is 5.74. The van der Waals surface area contributed by atoms with E-state index in [0.29, 0.717) is 35.9 Å². The van der Waals surface area contributed by atoms with Crippen molar-refractivity contribution in [3.05, 3.63) is 76.0 Å². The van der Waals surface area contributed by atoms with E-state index in [4.69, 9.17) is 18.9 Å². The molecule has 1 amide bonds. The van der Waals surface area contributed by atoms with Crippen molar-refractivity contribution in [2.24, 2.45) is 0 Å². The number of nitrogens with one attached hydrogen (secondary N) is 2. The molecule has 1 aliphatic rings. The summed E-state index contributed by atoms with van der Waals surface area (Å²) in [5, 5.41) is 8.88. The van der Waals surface area contributed by atoms with Gasteiger partial charge in [-0.15, -0.1) is 11.8 Å². The molecule has 0 aliphatic carbocycles. The zero-order chi connectivity index (χ0) is 27.9. The third-order valence-electron chi connectivity index (χ3n) is 6.80. The molecule has 9 heteroatoms.